The number of benzene rings is 3. The Morgan fingerprint density at radius 3 is 2.24 bits per heavy atom. The van der Waals surface area contributed by atoms with E-state index in [4.69, 9.17) is 13.1 Å². The summed E-state index contributed by atoms with van der Waals surface area (Å²) in [6.07, 6.45) is 0.0621. The second kappa shape index (κ2) is 14.1. The molecule has 0 saturated carbocycles. The van der Waals surface area contributed by atoms with E-state index in [1.165, 1.54) is 4.90 Å². The molecule has 0 spiro atoms. The van der Waals surface area contributed by atoms with Crippen molar-refractivity contribution in [1.82, 2.24) is 10.2 Å². The number of nitrogens with one attached hydrogen (secondary N) is 1. The van der Waals surface area contributed by atoms with Gasteiger partial charge in [-0.1, -0.05) is 67.2 Å². The van der Waals surface area contributed by atoms with Gasteiger partial charge >= 0.3 is 5.97 Å². The summed E-state index contributed by atoms with van der Waals surface area (Å²) < 4.78 is 29.0. The lowest BCUT2D eigenvalue weighted by atomic mass is 9.99. The van der Waals surface area contributed by atoms with Crippen LogP contribution < -0.4 is 10.1 Å². The van der Waals surface area contributed by atoms with Crippen molar-refractivity contribution in [3.8, 4) is 5.75 Å². The molecule has 11 heteroatoms. The molecular formula is C30H30N2O7S2. The lowest BCUT2D eigenvalue weighted by Crippen LogP contribution is -2.73. The molecule has 0 aliphatic carbocycles. The van der Waals surface area contributed by atoms with Crippen LogP contribution in [0.5, 0.6) is 5.75 Å². The van der Waals surface area contributed by atoms with Crippen molar-refractivity contribution in [3.05, 3.63) is 108 Å². The van der Waals surface area contributed by atoms with Gasteiger partial charge in [-0.25, -0.2) is 12.6 Å². The van der Waals surface area contributed by atoms with Crippen molar-refractivity contribution in [2.75, 3.05) is 7.11 Å². The Morgan fingerprint density at radius 2 is 1.63 bits per heavy atom. The topological polar surface area (TPSA) is 111 Å². The first kappa shape index (κ1) is 30.0. The van der Waals surface area contributed by atoms with Gasteiger partial charge in [0.25, 0.3) is 0 Å². The fourth-order valence-electron chi connectivity index (χ4n) is 4.16. The van der Waals surface area contributed by atoms with Crippen LogP contribution >= 0.6 is 12.0 Å². The molecule has 214 valence electrons. The maximum absolute atomic E-state index is 13.4. The number of methoxy groups -OCH3 is 1. The van der Waals surface area contributed by atoms with Gasteiger partial charge in [-0.3, -0.25) is 9.59 Å². The molecule has 1 aliphatic heterocycles. The number of amides is 2. The number of hydrogen-bond donors (Lipinski definition) is 1. The highest BCUT2D eigenvalue weighted by atomic mass is 32.3. The van der Waals surface area contributed by atoms with Crippen LogP contribution in [0.1, 0.15) is 18.1 Å². The van der Waals surface area contributed by atoms with Gasteiger partial charge in [-0.05, 0) is 47.9 Å². The average molecular weight is 595 g/mol. The number of rotatable bonds is 13. The van der Waals surface area contributed by atoms with Gasteiger partial charge in [0.2, 0.25) is 22.9 Å². The van der Waals surface area contributed by atoms with E-state index in [0.717, 1.165) is 23.2 Å². The van der Waals surface area contributed by atoms with Crippen molar-refractivity contribution >= 4 is 40.9 Å². The number of hydrogen-bond acceptors (Lipinski definition) is 8. The van der Waals surface area contributed by atoms with Crippen LogP contribution in [0.25, 0.3) is 0 Å². The highest BCUT2D eigenvalue weighted by Crippen LogP contribution is 2.36. The Balaban J connectivity index is 1.49. The van der Waals surface area contributed by atoms with Crippen LogP contribution in [0.3, 0.4) is 0 Å². The summed E-state index contributed by atoms with van der Waals surface area (Å²) in [6.45, 7) is 5.48. The Hall–Kier alpha value is -3.93. The van der Waals surface area contributed by atoms with Gasteiger partial charge in [-0.2, -0.15) is 0 Å². The maximum Gasteiger partial charge on any atom is 0.333 e. The Kier molecular flexibility index (Phi) is 10.3. The zero-order valence-corrected chi connectivity index (χ0v) is 24.2. The van der Waals surface area contributed by atoms with E-state index < -0.39 is 40.4 Å². The fraction of sp³-hybridized carbons (Fsp3) is 0.233. The first-order valence-corrected chi connectivity index (χ1v) is 14.6. The van der Waals surface area contributed by atoms with Crippen molar-refractivity contribution < 1.29 is 31.7 Å². The van der Waals surface area contributed by atoms with Crippen LogP contribution in [0, 0.1) is 0 Å². The molecule has 3 aromatic carbocycles. The number of ether oxygens (including phenoxy) is 2. The van der Waals surface area contributed by atoms with Crippen LogP contribution in [0.2, 0.25) is 0 Å². The third kappa shape index (κ3) is 7.63. The second-order valence-electron chi connectivity index (χ2n) is 9.26. The maximum atomic E-state index is 13.4. The number of carbonyl (C=O) groups is 3. The van der Waals surface area contributed by atoms with Crippen LogP contribution in [-0.4, -0.2) is 51.5 Å². The Morgan fingerprint density at radius 1 is 1.00 bits per heavy atom. The molecule has 41 heavy (non-hydrogen) atoms. The zero-order valence-electron chi connectivity index (χ0n) is 22.6. The fourth-order valence-corrected chi connectivity index (χ4v) is 6.07. The summed E-state index contributed by atoms with van der Waals surface area (Å²) in [7, 11) is 1.56. The highest BCUT2D eigenvalue weighted by Gasteiger charge is 2.54. The minimum absolute atomic E-state index is 0.0296. The first-order valence-electron chi connectivity index (χ1n) is 12.7. The molecule has 1 fully saturated rings. The molecule has 1 aliphatic rings. The predicted octanol–water partition coefficient (Wildman–Crippen LogP) is 3.97. The van der Waals surface area contributed by atoms with Gasteiger partial charge in [0.05, 0.1) is 18.4 Å². The number of β-lactam (4-membered cyclic amide) rings is 1. The smallest absolute Gasteiger partial charge is 0.333 e. The minimum Gasteiger partial charge on any atom is -0.497 e. The molecule has 4 atom stereocenters. The van der Waals surface area contributed by atoms with Crippen molar-refractivity contribution in [2.24, 2.45) is 0 Å². The highest BCUT2D eigenvalue weighted by molar-refractivity contribution is 8.03. The zero-order chi connectivity index (χ0) is 29.4. The SMILES string of the molecule is C=C(C)[C@H](C(=O)OCc1ccc(OC)cc1)N1C(=O)[C@@H](NC(=O)Cc2ccccc2)[C@H]1SOS(=O)c1ccccc1. The second-order valence-corrected chi connectivity index (χ2v) is 11.4. The summed E-state index contributed by atoms with van der Waals surface area (Å²) in [6, 6.07) is 22.5. The number of esters is 1. The van der Waals surface area contributed by atoms with Crippen molar-refractivity contribution in [2.45, 2.75) is 42.3 Å². The number of likely N-dealkylation sites (tertiary alicyclic amines) is 1. The first-order chi connectivity index (χ1) is 19.8. The summed E-state index contributed by atoms with van der Waals surface area (Å²) in [5.41, 5.74) is 1.87. The van der Waals surface area contributed by atoms with Crippen molar-refractivity contribution in [3.63, 3.8) is 0 Å². The van der Waals surface area contributed by atoms with Gasteiger partial charge in [0.1, 0.15) is 23.8 Å². The molecule has 0 aromatic heterocycles. The standard InChI is InChI=1S/C30H30N2O7S2/c1-20(2)27(30(35)38-19-22-14-16-23(37-3)17-15-22)32-28(34)26(31-25(33)18-21-10-6-4-7-11-21)29(32)40-39-41(36)24-12-8-5-9-13-24/h4-17,26-27,29H,1,18-19H2,2-3H3,(H,31,33)/t26-,27-,29-,41?/m1/s1. The third-order valence-electron chi connectivity index (χ3n) is 6.25. The Bertz CT molecular complexity index is 1400. The summed E-state index contributed by atoms with van der Waals surface area (Å²) in [5.74, 6) is -0.907. The van der Waals surface area contributed by atoms with Crippen LogP contribution in [0.15, 0.2) is 102 Å². The molecule has 2 amide bonds. The summed E-state index contributed by atoms with van der Waals surface area (Å²) >= 11 is -1.12. The number of nitrogens with zero attached hydrogens (tertiary/aromatic N) is 1. The van der Waals surface area contributed by atoms with Gasteiger partial charge in [0.15, 0.2) is 6.04 Å². The minimum atomic E-state index is -1.86. The summed E-state index contributed by atoms with van der Waals surface area (Å²) in [5, 5.41) is 1.87. The van der Waals surface area contributed by atoms with E-state index in [9.17, 15) is 18.6 Å². The predicted molar refractivity (Wildman–Crippen MR) is 156 cm³/mol. The van der Waals surface area contributed by atoms with E-state index >= 15 is 0 Å². The van der Waals surface area contributed by atoms with E-state index in [1.807, 2.05) is 30.3 Å². The van der Waals surface area contributed by atoms with Crippen molar-refractivity contribution in [1.29, 1.82) is 0 Å². The Labute approximate surface area is 245 Å². The van der Waals surface area contributed by atoms with Gasteiger partial charge < -0.3 is 19.7 Å². The number of carbonyl (C=O) groups excluding carboxylic acids is 3. The molecular weight excluding hydrogens is 564 g/mol. The average Bonchev–Trinajstić information content (AvgIpc) is 2.99. The molecule has 4 rings (SSSR count). The summed E-state index contributed by atoms with van der Waals surface area (Å²) in [4.78, 5) is 41.1. The quantitative estimate of drug-likeness (QED) is 0.137. The monoisotopic (exact) mass is 594 g/mol. The van der Waals surface area contributed by atoms with Gasteiger partial charge in [0, 0.05) is 12.0 Å². The molecule has 1 N–H and O–H groups in total. The van der Waals surface area contributed by atoms with Crippen LogP contribution in [-0.2, 0) is 46.9 Å². The van der Waals surface area contributed by atoms with E-state index in [0.29, 0.717) is 16.2 Å². The molecule has 0 radical (unpaired) electrons. The van der Waals surface area contributed by atoms with Crippen LogP contribution in [0.4, 0.5) is 0 Å². The normalized spacial score (nSPS) is 17.6. The van der Waals surface area contributed by atoms with Gasteiger partial charge in [-0.15, -0.1) is 0 Å². The molecule has 1 unspecified atom stereocenters. The van der Waals surface area contributed by atoms with E-state index in [1.54, 1.807) is 68.6 Å². The molecule has 0 bridgehead atoms. The molecule has 9 nitrogen and oxygen atoms in total. The lowest BCUT2D eigenvalue weighted by Gasteiger charge is -2.48. The molecule has 1 saturated heterocycles. The lowest BCUT2D eigenvalue weighted by molar-refractivity contribution is -0.163. The largest absolute Gasteiger partial charge is 0.497 e. The van der Waals surface area contributed by atoms with E-state index in [-0.39, 0.29) is 18.9 Å². The molecule has 1 heterocycles. The van der Waals surface area contributed by atoms with E-state index in [2.05, 4.69) is 11.9 Å². The molecule has 3 aromatic rings. The third-order valence-corrected chi connectivity index (χ3v) is 8.41.